The summed E-state index contributed by atoms with van der Waals surface area (Å²) in [4.78, 5) is 0. The highest BCUT2D eigenvalue weighted by molar-refractivity contribution is 4.94. The zero-order chi connectivity index (χ0) is 8.04. The molecule has 0 heterocycles. The van der Waals surface area contributed by atoms with Gasteiger partial charge >= 0.3 is 0 Å². The highest BCUT2D eigenvalue weighted by Crippen LogP contribution is 2.28. The average Bonchev–Trinajstić information content (AvgIpc) is 1.89. The minimum atomic E-state index is 0. The van der Waals surface area contributed by atoms with Crippen LogP contribution in [-0.2, 0) is 0 Å². The Balaban J connectivity index is -0.000000405. The quantitative estimate of drug-likeness (QED) is 0.630. The Labute approximate surface area is 77.6 Å². The molecule has 2 heteroatoms. The molecule has 0 rings (SSSR count). The van der Waals surface area contributed by atoms with Crippen LogP contribution in [0.2, 0.25) is 0 Å². The summed E-state index contributed by atoms with van der Waals surface area (Å²) < 4.78 is 0. The van der Waals surface area contributed by atoms with Gasteiger partial charge in [-0.1, -0.05) is 39.3 Å². The van der Waals surface area contributed by atoms with Gasteiger partial charge in [-0.3, -0.25) is 0 Å². The van der Waals surface area contributed by atoms with Gasteiger partial charge in [0.15, 0.2) is 0 Å². The summed E-state index contributed by atoms with van der Waals surface area (Å²) in [6.07, 6.45) is 8.35. The Morgan fingerprint density at radius 1 is 1.17 bits per heavy atom. The fourth-order valence-corrected chi connectivity index (χ4v) is 1.35. The lowest BCUT2D eigenvalue weighted by Crippen LogP contribution is -2.10. The van der Waals surface area contributed by atoms with Gasteiger partial charge in [0.25, 0.3) is 0 Å². The van der Waals surface area contributed by atoms with Gasteiger partial charge in [-0.15, -0.1) is 0 Å². The van der Waals surface area contributed by atoms with E-state index in [9.17, 15) is 0 Å². The van der Waals surface area contributed by atoms with Crippen molar-refractivity contribution < 1.29 is 0 Å². The molecule has 6 N–H and O–H groups in total. The van der Waals surface area contributed by atoms with E-state index >= 15 is 0 Å². The van der Waals surface area contributed by atoms with Crippen molar-refractivity contribution >= 4 is 0 Å². The highest BCUT2D eigenvalue weighted by atomic mass is 14.2. The van der Waals surface area contributed by atoms with Gasteiger partial charge in [0.2, 0.25) is 0 Å². The number of hydrogen-bond acceptors (Lipinski definition) is 2. The third-order valence-electron chi connectivity index (χ3n) is 2.20. The molecule has 0 spiro atoms. The number of hydrogen-bond donors (Lipinski definition) is 2. The van der Waals surface area contributed by atoms with E-state index in [0.29, 0.717) is 5.41 Å². The van der Waals surface area contributed by atoms with Crippen molar-refractivity contribution in [3.05, 3.63) is 12.2 Å². The maximum atomic E-state index is 2.33. The first-order valence-corrected chi connectivity index (χ1v) is 4.32. The summed E-state index contributed by atoms with van der Waals surface area (Å²) in [5, 5.41) is 0. The summed E-state index contributed by atoms with van der Waals surface area (Å²) >= 11 is 0. The van der Waals surface area contributed by atoms with Gasteiger partial charge in [0.05, 0.1) is 0 Å². The van der Waals surface area contributed by atoms with Gasteiger partial charge in [-0.25, -0.2) is 0 Å². The molecule has 76 valence electrons. The largest absolute Gasteiger partial charge is 0.344 e. The lowest BCUT2D eigenvalue weighted by atomic mass is 9.83. The van der Waals surface area contributed by atoms with Crippen LogP contribution in [0.5, 0.6) is 0 Å². The van der Waals surface area contributed by atoms with Crippen LogP contribution in [0.3, 0.4) is 0 Å². The molecule has 1 atom stereocenters. The van der Waals surface area contributed by atoms with Crippen molar-refractivity contribution in [2.45, 2.75) is 47.0 Å². The topological polar surface area (TPSA) is 70.0 Å². The standard InChI is InChI=1S/C10H20.2H3N/c1-5-8-10(4,7-3)9-6-2;;/h5,8H,6-7,9H2,1-4H3;2*1H3/b8-5+;;. The van der Waals surface area contributed by atoms with Crippen molar-refractivity contribution in [3.8, 4) is 0 Å². The SMILES string of the molecule is C/C=C/C(C)(CC)CCC.N.N. The predicted molar refractivity (Wildman–Crippen MR) is 58.2 cm³/mol. The molecule has 0 aliphatic heterocycles. The molecular weight excluding hydrogens is 148 g/mol. The Morgan fingerprint density at radius 2 is 1.67 bits per heavy atom. The lowest BCUT2D eigenvalue weighted by molar-refractivity contribution is 0.372. The Kier molecular flexibility index (Phi) is 12.9. The molecule has 0 saturated heterocycles. The van der Waals surface area contributed by atoms with Gasteiger partial charge in [0.1, 0.15) is 0 Å². The Bertz CT molecular complexity index is 110. The van der Waals surface area contributed by atoms with Gasteiger partial charge in [-0.05, 0) is 25.2 Å². The third kappa shape index (κ3) is 6.38. The number of allylic oxidation sites excluding steroid dienone is 2. The van der Waals surface area contributed by atoms with Crippen LogP contribution >= 0.6 is 0 Å². The molecule has 0 amide bonds. The third-order valence-corrected chi connectivity index (χ3v) is 2.20. The Morgan fingerprint density at radius 3 is 1.92 bits per heavy atom. The van der Waals surface area contributed by atoms with E-state index < -0.39 is 0 Å². The van der Waals surface area contributed by atoms with E-state index in [4.69, 9.17) is 0 Å². The van der Waals surface area contributed by atoms with Crippen molar-refractivity contribution in [1.29, 1.82) is 0 Å². The first-order chi connectivity index (χ1) is 4.68. The van der Waals surface area contributed by atoms with Crippen molar-refractivity contribution in [1.82, 2.24) is 12.3 Å². The predicted octanol–water partition coefficient (Wildman–Crippen LogP) is 4.10. The van der Waals surface area contributed by atoms with Crippen LogP contribution in [0.15, 0.2) is 12.2 Å². The Hall–Kier alpha value is -0.340. The zero-order valence-corrected chi connectivity index (χ0v) is 9.19. The molecule has 0 aliphatic carbocycles. The maximum absolute atomic E-state index is 2.33. The summed E-state index contributed by atoms with van der Waals surface area (Å²) in [5.74, 6) is 0. The van der Waals surface area contributed by atoms with Crippen LogP contribution < -0.4 is 12.3 Å². The second-order valence-electron chi connectivity index (χ2n) is 3.26. The van der Waals surface area contributed by atoms with E-state index in [1.54, 1.807) is 0 Å². The van der Waals surface area contributed by atoms with Crippen molar-refractivity contribution in [2.75, 3.05) is 0 Å². The maximum Gasteiger partial charge on any atom is -0.0149 e. The second-order valence-corrected chi connectivity index (χ2v) is 3.26. The number of rotatable bonds is 4. The van der Waals surface area contributed by atoms with E-state index in [2.05, 4.69) is 39.8 Å². The molecule has 0 aromatic rings. The van der Waals surface area contributed by atoms with Gasteiger partial charge in [0, 0.05) is 0 Å². The molecule has 2 nitrogen and oxygen atoms in total. The van der Waals surface area contributed by atoms with Crippen molar-refractivity contribution in [2.24, 2.45) is 5.41 Å². The molecule has 0 saturated carbocycles. The van der Waals surface area contributed by atoms with E-state index in [1.165, 1.54) is 19.3 Å². The summed E-state index contributed by atoms with van der Waals surface area (Å²) in [6, 6.07) is 0. The fraction of sp³-hybridized carbons (Fsp3) is 0.800. The second kappa shape index (κ2) is 8.75. The van der Waals surface area contributed by atoms with Crippen LogP contribution in [0, 0.1) is 5.41 Å². The zero-order valence-electron chi connectivity index (χ0n) is 9.19. The molecule has 12 heavy (non-hydrogen) atoms. The normalized spacial score (nSPS) is 14.7. The van der Waals surface area contributed by atoms with Gasteiger partial charge < -0.3 is 12.3 Å². The molecule has 0 aromatic heterocycles. The van der Waals surface area contributed by atoms with Crippen molar-refractivity contribution in [3.63, 3.8) is 0 Å². The first-order valence-electron chi connectivity index (χ1n) is 4.32. The highest BCUT2D eigenvalue weighted by Gasteiger charge is 2.15. The van der Waals surface area contributed by atoms with E-state index in [1.807, 2.05) is 0 Å². The lowest BCUT2D eigenvalue weighted by Gasteiger charge is -2.23. The van der Waals surface area contributed by atoms with Crippen LogP contribution in [0.1, 0.15) is 47.0 Å². The molecule has 1 unspecified atom stereocenters. The smallest absolute Gasteiger partial charge is 0.0149 e. The average molecular weight is 174 g/mol. The minimum Gasteiger partial charge on any atom is -0.344 e. The fourth-order valence-electron chi connectivity index (χ4n) is 1.35. The van der Waals surface area contributed by atoms with Crippen LogP contribution in [-0.4, -0.2) is 0 Å². The van der Waals surface area contributed by atoms with Crippen LogP contribution in [0.25, 0.3) is 0 Å². The first kappa shape index (κ1) is 17.7. The van der Waals surface area contributed by atoms with E-state index in [0.717, 1.165) is 0 Å². The van der Waals surface area contributed by atoms with Crippen LogP contribution in [0.4, 0.5) is 0 Å². The molecule has 0 aliphatic rings. The van der Waals surface area contributed by atoms with Gasteiger partial charge in [-0.2, -0.15) is 0 Å². The monoisotopic (exact) mass is 174 g/mol. The summed E-state index contributed by atoms with van der Waals surface area (Å²) in [6.45, 7) is 8.94. The molecule has 0 bridgehead atoms. The van der Waals surface area contributed by atoms with E-state index in [-0.39, 0.29) is 12.3 Å². The summed E-state index contributed by atoms with van der Waals surface area (Å²) in [7, 11) is 0. The minimum absolute atomic E-state index is 0. The summed E-state index contributed by atoms with van der Waals surface area (Å²) in [5.41, 5.74) is 0.462. The molecule has 0 radical (unpaired) electrons. The molecule has 0 fully saturated rings. The molecular formula is C10H26N2. The molecule has 0 aromatic carbocycles.